The molecule has 0 N–H and O–H groups in total. The van der Waals surface area contributed by atoms with Crippen molar-refractivity contribution < 1.29 is 25.8 Å². The number of halogens is 2. The van der Waals surface area contributed by atoms with Gasteiger partial charge in [-0.15, -0.1) is 23.2 Å². The summed E-state index contributed by atoms with van der Waals surface area (Å²) in [7, 11) is 0. The van der Waals surface area contributed by atoms with Crippen molar-refractivity contribution in [1.29, 1.82) is 0 Å². The molecular weight excluding hydrogens is 478 g/mol. The first-order valence-corrected chi connectivity index (χ1v) is 7.98. The van der Waals surface area contributed by atoms with Gasteiger partial charge >= 0.3 is 0 Å². The van der Waals surface area contributed by atoms with Gasteiger partial charge in [-0.2, -0.15) is 0 Å². The van der Waals surface area contributed by atoms with E-state index in [9.17, 15) is 0 Å². The molecule has 0 aromatic heterocycles. The van der Waals surface area contributed by atoms with Gasteiger partial charge in [-0.1, -0.05) is 60.7 Å². The Kier molecular flexibility index (Phi) is 4.77. The normalized spacial score (nSPS) is 21.5. The maximum Gasteiger partial charge on any atom is 0.0807 e. The molecule has 2 atom stereocenters. The molecule has 0 heterocycles. The van der Waals surface area contributed by atoms with Gasteiger partial charge in [0.05, 0.1) is 10.8 Å². The Hall–Kier alpha value is -0.630. The number of alkyl halides is 2. The molecular formula is C19H14Cl2Hf. The van der Waals surface area contributed by atoms with Crippen LogP contribution in [0.15, 0.2) is 59.7 Å². The predicted octanol–water partition coefficient (Wildman–Crippen LogP) is 6.13. The van der Waals surface area contributed by atoms with E-state index in [0.717, 1.165) is 6.42 Å². The quantitative estimate of drug-likeness (QED) is 0.350. The minimum atomic E-state index is -0.0327. The van der Waals surface area contributed by atoms with Crippen LogP contribution in [-0.4, -0.2) is 0 Å². The molecule has 0 saturated heterocycles. The zero-order chi connectivity index (χ0) is 14.4. The smallest absolute Gasteiger partial charge is 0.0807 e. The average Bonchev–Trinajstić information content (AvgIpc) is 2.99. The molecule has 3 heteroatoms. The Balaban J connectivity index is 0.00000144. The third kappa shape index (κ3) is 2.68. The molecule has 0 saturated carbocycles. The number of rotatable bonds is 2. The molecule has 4 rings (SSSR count). The van der Waals surface area contributed by atoms with Gasteiger partial charge in [-0.05, 0) is 39.8 Å². The van der Waals surface area contributed by atoms with Gasteiger partial charge in [0.15, 0.2) is 0 Å². The Morgan fingerprint density at radius 2 is 1.09 bits per heavy atom. The van der Waals surface area contributed by atoms with Crippen LogP contribution in [0.5, 0.6) is 0 Å². The molecule has 2 aromatic carbocycles. The summed E-state index contributed by atoms with van der Waals surface area (Å²) in [4.78, 5) is 0. The van der Waals surface area contributed by atoms with Crippen LogP contribution in [0.25, 0.3) is 12.2 Å². The van der Waals surface area contributed by atoms with Crippen LogP contribution in [-0.2, 0) is 25.8 Å². The van der Waals surface area contributed by atoms with Crippen molar-refractivity contribution in [2.24, 2.45) is 0 Å². The topological polar surface area (TPSA) is 0 Å². The second-order valence-electron chi connectivity index (χ2n) is 5.60. The fourth-order valence-electron chi connectivity index (χ4n) is 3.21. The van der Waals surface area contributed by atoms with Crippen molar-refractivity contribution in [2.45, 2.75) is 17.2 Å². The van der Waals surface area contributed by atoms with E-state index in [1.807, 2.05) is 12.1 Å². The molecule has 2 aliphatic rings. The van der Waals surface area contributed by atoms with Gasteiger partial charge in [0.2, 0.25) is 0 Å². The Morgan fingerprint density at radius 1 is 0.682 bits per heavy atom. The second-order valence-corrected chi connectivity index (χ2v) is 6.47. The van der Waals surface area contributed by atoms with Crippen LogP contribution in [0.1, 0.15) is 39.4 Å². The van der Waals surface area contributed by atoms with Gasteiger partial charge in [0.1, 0.15) is 0 Å². The van der Waals surface area contributed by atoms with Crippen molar-refractivity contribution in [3.05, 3.63) is 81.9 Å². The summed E-state index contributed by atoms with van der Waals surface area (Å²) >= 11 is 13.2. The first kappa shape index (κ1) is 16.2. The predicted molar refractivity (Wildman–Crippen MR) is 90.6 cm³/mol. The molecule has 0 spiro atoms. The van der Waals surface area contributed by atoms with Crippen molar-refractivity contribution in [2.75, 3.05) is 0 Å². The van der Waals surface area contributed by atoms with Crippen molar-refractivity contribution in [3.8, 4) is 0 Å². The number of benzene rings is 2. The largest absolute Gasteiger partial charge is 0.113 e. The first-order chi connectivity index (χ1) is 10.2. The SMILES string of the molecule is ClC1C(CC2=Cc3ccccc3C2Cl)=Cc2ccccc21.[Hf]. The average molecular weight is 492 g/mol. The Morgan fingerprint density at radius 3 is 1.50 bits per heavy atom. The fraction of sp³-hybridized carbons (Fsp3) is 0.158. The van der Waals surface area contributed by atoms with Crippen LogP contribution in [0, 0.1) is 0 Å². The third-order valence-corrected chi connectivity index (χ3v) is 5.31. The van der Waals surface area contributed by atoms with Crippen LogP contribution >= 0.6 is 23.2 Å². The first-order valence-electron chi connectivity index (χ1n) is 7.11. The maximum atomic E-state index is 6.61. The molecule has 0 radical (unpaired) electrons. The molecule has 0 amide bonds. The van der Waals surface area contributed by atoms with Crippen LogP contribution in [0.3, 0.4) is 0 Å². The molecule has 0 aliphatic heterocycles. The number of allylic oxidation sites excluding steroid dienone is 2. The van der Waals surface area contributed by atoms with E-state index < -0.39 is 0 Å². The third-order valence-electron chi connectivity index (χ3n) is 4.28. The summed E-state index contributed by atoms with van der Waals surface area (Å²) in [6.07, 6.45) is 5.26. The summed E-state index contributed by atoms with van der Waals surface area (Å²) in [6.45, 7) is 0. The summed E-state index contributed by atoms with van der Waals surface area (Å²) < 4.78 is 0. The van der Waals surface area contributed by atoms with E-state index >= 15 is 0 Å². The van der Waals surface area contributed by atoms with Crippen molar-refractivity contribution >= 4 is 35.4 Å². The molecule has 0 nitrogen and oxygen atoms in total. The minimum absolute atomic E-state index is 0. The van der Waals surface area contributed by atoms with E-state index in [2.05, 4.69) is 48.6 Å². The van der Waals surface area contributed by atoms with Gasteiger partial charge in [-0.3, -0.25) is 0 Å². The zero-order valence-corrected chi connectivity index (χ0v) is 17.0. The number of fused-ring (bicyclic) bond motifs is 2. The van der Waals surface area contributed by atoms with Crippen LogP contribution < -0.4 is 0 Å². The molecule has 22 heavy (non-hydrogen) atoms. The molecule has 2 unspecified atom stereocenters. The molecule has 108 valence electrons. The monoisotopic (exact) mass is 492 g/mol. The number of hydrogen-bond acceptors (Lipinski definition) is 0. The summed E-state index contributed by atoms with van der Waals surface area (Å²) in [5.41, 5.74) is 7.35. The number of hydrogen-bond donors (Lipinski definition) is 0. The van der Waals surface area contributed by atoms with Gasteiger partial charge < -0.3 is 0 Å². The molecule has 2 aromatic rings. The summed E-state index contributed by atoms with van der Waals surface area (Å²) in [6, 6.07) is 16.6. The van der Waals surface area contributed by atoms with Gasteiger partial charge in [0, 0.05) is 25.8 Å². The standard InChI is InChI=1S/C19H14Cl2.Hf/c20-18-14(9-12-5-1-3-7-16(12)18)11-15-10-13-6-2-4-8-17(13)19(15)21;/h1-10,18-19H,11H2;. The van der Waals surface area contributed by atoms with Gasteiger partial charge in [-0.25, -0.2) is 0 Å². The maximum absolute atomic E-state index is 6.61. The van der Waals surface area contributed by atoms with E-state index in [4.69, 9.17) is 23.2 Å². The van der Waals surface area contributed by atoms with Crippen LogP contribution in [0.2, 0.25) is 0 Å². The van der Waals surface area contributed by atoms with Crippen molar-refractivity contribution in [1.82, 2.24) is 0 Å². The molecule has 2 aliphatic carbocycles. The van der Waals surface area contributed by atoms with Crippen molar-refractivity contribution in [3.63, 3.8) is 0 Å². The van der Waals surface area contributed by atoms with E-state index in [-0.39, 0.29) is 36.6 Å². The Labute approximate surface area is 159 Å². The van der Waals surface area contributed by atoms with E-state index in [1.165, 1.54) is 33.4 Å². The molecule has 0 bridgehead atoms. The minimum Gasteiger partial charge on any atom is -0.113 e. The second kappa shape index (κ2) is 6.47. The van der Waals surface area contributed by atoms with E-state index in [1.54, 1.807) is 0 Å². The fourth-order valence-corrected chi connectivity index (χ4v) is 3.89. The zero-order valence-electron chi connectivity index (χ0n) is 11.9. The van der Waals surface area contributed by atoms with Gasteiger partial charge in [0.25, 0.3) is 0 Å². The van der Waals surface area contributed by atoms with E-state index in [0.29, 0.717) is 0 Å². The van der Waals surface area contributed by atoms with Crippen LogP contribution in [0.4, 0.5) is 0 Å². The summed E-state index contributed by atoms with van der Waals surface area (Å²) in [5, 5.41) is -0.0654. The Bertz CT molecular complexity index is 711. The summed E-state index contributed by atoms with van der Waals surface area (Å²) in [5.74, 6) is 0. The molecule has 0 fully saturated rings.